The first-order valence-electron chi connectivity index (χ1n) is 5.79. The molecule has 1 rings (SSSR count). The normalized spacial score (nSPS) is 13.1. The average Bonchev–Trinajstić information content (AvgIpc) is 2.34. The van der Waals surface area contributed by atoms with Crippen molar-refractivity contribution in [3.8, 4) is 0 Å². The van der Waals surface area contributed by atoms with Crippen LogP contribution in [0.4, 0.5) is 0 Å². The first kappa shape index (κ1) is 16.3. The zero-order chi connectivity index (χ0) is 12.3. The summed E-state index contributed by atoms with van der Waals surface area (Å²) in [7, 11) is 0. The van der Waals surface area contributed by atoms with Gasteiger partial charge in [-0.05, 0) is 37.6 Å². The Kier molecular flexibility index (Phi) is 11.9. The summed E-state index contributed by atoms with van der Waals surface area (Å²) in [5, 5.41) is 0. The van der Waals surface area contributed by atoms with E-state index in [-0.39, 0.29) is 0 Å². The molecule has 0 unspecified atom stereocenters. The minimum absolute atomic E-state index is 0.990. The fourth-order valence-electron chi connectivity index (χ4n) is 1.20. The zero-order valence-electron chi connectivity index (χ0n) is 10.9. The Morgan fingerprint density at radius 2 is 1.60 bits per heavy atom. The van der Waals surface area contributed by atoms with E-state index in [2.05, 4.69) is 30.4 Å². The Morgan fingerprint density at radius 3 is 1.93 bits per heavy atom. The summed E-state index contributed by atoms with van der Waals surface area (Å²) in [6.45, 7) is 17.4. The van der Waals surface area contributed by atoms with Gasteiger partial charge in [0.05, 0.1) is 5.70 Å². The first-order valence-corrected chi connectivity index (χ1v) is 5.79. The molecule has 0 atom stereocenters. The largest absolute Gasteiger partial charge is 0.264 e. The maximum atomic E-state index is 3.93. The molecule has 0 saturated heterocycles. The summed E-state index contributed by atoms with van der Waals surface area (Å²) in [5.41, 5.74) is 3.22. The summed E-state index contributed by atoms with van der Waals surface area (Å²) in [5.74, 6) is 0. The van der Waals surface area contributed by atoms with Crippen molar-refractivity contribution in [1.29, 1.82) is 0 Å². The highest BCUT2D eigenvalue weighted by molar-refractivity contribution is 5.48. The van der Waals surface area contributed by atoms with Gasteiger partial charge in [0, 0.05) is 0 Å². The van der Waals surface area contributed by atoms with Crippen LogP contribution in [0.15, 0.2) is 40.6 Å². The number of hydrogen-bond acceptors (Lipinski definition) is 1. The third kappa shape index (κ3) is 6.05. The Hall–Kier alpha value is -1.11. The zero-order valence-corrected chi connectivity index (χ0v) is 10.9. The fraction of sp³-hybridized carbons (Fsp3) is 0.500. The van der Waals surface area contributed by atoms with E-state index in [1.165, 1.54) is 0 Å². The lowest BCUT2D eigenvalue weighted by Gasteiger charge is -2.11. The van der Waals surface area contributed by atoms with Crippen molar-refractivity contribution >= 4 is 6.72 Å². The van der Waals surface area contributed by atoms with Crippen molar-refractivity contribution in [2.45, 2.75) is 47.5 Å². The summed E-state index contributed by atoms with van der Waals surface area (Å²) < 4.78 is 0. The Morgan fingerprint density at radius 1 is 1.13 bits per heavy atom. The smallest absolute Gasteiger partial charge is 0.0654 e. The number of aliphatic imine (C=N–C) groups is 1. The van der Waals surface area contributed by atoms with Crippen LogP contribution in [-0.4, -0.2) is 6.72 Å². The number of nitrogens with zero attached hydrogens (tertiary/aromatic N) is 1. The number of hydrogen-bond donors (Lipinski definition) is 0. The highest BCUT2D eigenvalue weighted by atomic mass is 14.7. The Balaban J connectivity index is 0. The average molecular weight is 207 g/mol. The van der Waals surface area contributed by atoms with Crippen molar-refractivity contribution < 1.29 is 0 Å². The van der Waals surface area contributed by atoms with Gasteiger partial charge in [0.1, 0.15) is 0 Å². The van der Waals surface area contributed by atoms with Crippen molar-refractivity contribution in [3.63, 3.8) is 0 Å². The molecule has 0 aromatic carbocycles. The molecule has 0 aromatic heterocycles. The summed E-state index contributed by atoms with van der Waals surface area (Å²) in [4.78, 5) is 3.93. The minimum Gasteiger partial charge on any atom is -0.264 e. The molecular weight excluding hydrogens is 182 g/mol. The molecule has 15 heavy (non-hydrogen) atoms. The minimum atomic E-state index is 0.990. The van der Waals surface area contributed by atoms with E-state index >= 15 is 0 Å². The molecule has 1 aliphatic carbocycles. The maximum Gasteiger partial charge on any atom is 0.0654 e. The van der Waals surface area contributed by atoms with Crippen LogP contribution in [0.25, 0.3) is 0 Å². The molecule has 0 heterocycles. The van der Waals surface area contributed by atoms with Crippen LogP contribution >= 0.6 is 0 Å². The van der Waals surface area contributed by atoms with Crippen molar-refractivity contribution in [3.05, 3.63) is 35.6 Å². The number of allylic oxidation sites excluding steroid dienone is 3. The van der Waals surface area contributed by atoms with Crippen molar-refractivity contribution in [2.24, 2.45) is 4.99 Å². The van der Waals surface area contributed by atoms with Gasteiger partial charge >= 0.3 is 0 Å². The van der Waals surface area contributed by atoms with E-state index < -0.39 is 0 Å². The van der Waals surface area contributed by atoms with Crippen LogP contribution in [0.1, 0.15) is 47.5 Å². The molecule has 0 aromatic rings. The van der Waals surface area contributed by atoms with E-state index in [1.807, 2.05) is 34.6 Å². The van der Waals surface area contributed by atoms with Gasteiger partial charge in [0.2, 0.25) is 0 Å². The predicted octanol–water partition coefficient (Wildman–Crippen LogP) is 4.92. The van der Waals surface area contributed by atoms with Crippen LogP contribution in [0.5, 0.6) is 0 Å². The lowest BCUT2D eigenvalue weighted by molar-refractivity contribution is 0.987. The molecule has 0 N–H and O–H groups in total. The monoisotopic (exact) mass is 207 g/mol. The molecular formula is C14H25N. The van der Waals surface area contributed by atoms with Gasteiger partial charge in [-0.1, -0.05) is 46.4 Å². The van der Waals surface area contributed by atoms with Crippen LogP contribution in [0.3, 0.4) is 0 Å². The van der Waals surface area contributed by atoms with Crippen molar-refractivity contribution in [1.82, 2.24) is 0 Å². The van der Waals surface area contributed by atoms with E-state index in [1.54, 1.807) is 0 Å². The number of rotatable bonds is 2. The third-order valence-corrected chi connectivity index (χ3v) is 1.76. The summed E-state index contributed by atoms with van der Waals surface area (Å²) >= 11 is 0. The van der Waals surface area contributed by atoms with Crippen LogP contribution in [0, 0.1) is 0 Å². The van der Waals surface area contributed by atoms with Crippen LogP contribution in [-0.2, 0) is 0 Å². The third-order valence-electron chi connectivity index (χ3n) is 1.76. The van der Waals surface area contributed by atoms with E-state index in [4.69, 9.17) is 0 Å². The maximum absolute atomic E-state index is 3.93. The topological polar surface area (TPSA) is 12.4 Å². The second kappa shape index (κ2) is 11.0. The quantitative estimate of drug-likeness (QED) is 0.570. The molecule has 0 bridgehead atoms. The molecule has 0 spiro atoms. The van der Waals surface area contributed by atoms with Crippen LogP contribution < -0.4 is 0 Å². The molecule has 0 fully saturated rings. The highest BCUT2D eigenvalue weighted by Gasteiger charge is 2.06. The van der Waals surface area contributed by atoms with E-state index in [9.17, 15) is 0 Å². The predicted molar refractivity (Wildman–Crippen MR) is 72.5 cm³/mol. The lowest BCUT2D eigenvalue weighted by atomic mass is 9.99. The molecule has 0 amide bonds. The van der Waals surface area contributed by atoms with Gasteiger partial charge in [0.15, 0.2) is 0 Å². The SMILES string of the molecule is C=NC1=CCCC=C1C(=C)C.CC.CC. The Bertz CT molecular complexity index is 244. The standard InChI is InChI=1S/C10H13N.2C2H6/c1-8(2)9-6-4-5-7-10(9)11-3;2*1-2/h6-7H,1,3-5H2,2H3;2*1-2H3. The summed E-state index contributed by atoms with van der Waals surface area (Å²) in [6.07, 6.45) is 6.45. The molecule has 1 heteroatoms. The van der Waals surface area contributed by atoms with Gasteiger partial charge in [-0.2, -0.15) is 0 Å². The van der Waals surface area contributed by atoms with Gasteiger partial charge in [-0.3, -0.25) is 4.99 Å². The first-order chi connectivity index (χ1) is 7.25. The van der Waals surface area contributed by atoms with Gasteiger partial charge in [-0.25, -0.2) is 0 Å². The Labute approximate surface area is 95.3 Å². The highest BCUT2D eigenvalue weighted by Crippen LogP contribution is 2.24. The van der Waals surface area contributed by atoms with Crippen LogP contribution in [0.2, 0.25) is 0 Å². The molecule has 0 radical (unpaired) electrons. The molecule has 86 valence electrons. The van der Waals surface area contributed by atoms with Gasteiger partial charge in [-0.15, -0.1) is 0 Å². The van der Waals surface area contributed by atoms with Crippen molar-refractivity contribution in [2.75, 3.05) is 0 Å². The second-order valence-corrected chi connectivity index (χ2v) is 2.72. The second-order valence-electron chi connectivity index (χ2n) is 2.72. The molecule has 0 saturated carbocycles. The molecule has 1 nitrogen and oxygen atoms in total. The van der Waals surface area contributed by atoms with E-state index in [0.717, 1.165) is 29.7 Å². The van der Waals surface area contributed by atoms with E-state index in [0.29, 0.717) is 0 Å². The fourth-order valence-corrected chi connectivity index (χ4v) is 1.20. The lowest BCUT2D eigenvalue weighted by Crippen LogP contribution is -1.93. The summed E-state index contributed by atoms with van der Waals surface area (Å²) in [6, 6.07) is 0. The van der Waals surface area contributed by atoms with Gasteiger partial charge < -0.3 is 0 Å². The van der Waals surface area contributed by atoms with Gasteiger partial charge in [0.25, 0.3) is 0 Å². The molecule has 1 aliphatic rings. The molecule has 0 aliphatic heterocycles.